The number of rotatable bonds is 7. The molecule has 0 bridgehead atoms. The molecular formula is C17H25NO. The summed E-state index contributed by atoms with van der Waals surface area (Å²) in [6, 6.07) is 7.90. The predicted octanol–water partition coefficient (Wildman–Crippen LogP) is 3.69. The fraction of sp³-hybridized carbons (Fsp3) is 0.588. The van der Waals surface area contributed by atoms with Gasteiger partial charge in [0.1, 0.15) is 0 Å². The van der Waals surface area contributed by atoms with Gasteiger partial charge < -0.3 is 4.90 Å². The van der Waals surface area contributed by atoms with Crippen molar-refractivity contribution in [2.45, 2.75) is 39.5 Å². The molecule has 0 radical (unpaired) electrons. The fourth-order valence-electron chi connectivity index (χ4n) is 2.70. The zero-order chi connectivity index (χ0) is 13.7. The van der Waals surface area contributed by atoms with Gasteiger partial charge in [0.15, 0.2) is 5.78 Å². The first kappa shape index (κ1) is 14.3. The van der Waals surface area contributed by atoms with Crippen molar-refractivity contribution in [2.75, 3.05) is 19.6 Å². The fourth-order valence-corrected chi connectivity index (χ4v) is 2.70. The summed E-state index contributed by atoms with van der Waals surface area (Å²) in [6.45, 7) is 7.34. The molecule has 0 atom stereocenters. The Morgan fingerprint density at radius 3 is 2.63 bits per heavy atom. The van der Waals surface area contributed by atoms with E-state index in [0.29, 0.717) is 6.42 Å². The van der Waals surface area contributed by atoms with Crippen LogP contribution in [-0.4, -0.2) is 30.3 Å². The SMILES string of the molecule is CCN(CCC(=O)c1ccccc1C)CC1CCC1. The Hall–Kier alpha value is -1.15. The molecule has 2 heteroatoms. The Bertz CT molecular complexity index is 423. The highest BCUT2D eigenvalue weighted by molar-refractivity contribution is 5.97. The Morgan fingerprint density at radius 1 is 1.32 bits per heavy atom. The van der Waals surface area contributed by atoms with Crippen LogP contribution in [0, 0.1) is 12.8 Å². The maximum atomic E-state index is 12.2. The molecule has 0 heterocycles. The number of aryl methyl sites for hydroxylation is 1. The highest BCUT2D eigenvalue weighted by Gasteiger charge is 2.20. The molecule has 1 aromatic rings. The van der Waals surface area contributed by atoms with E-state index in [0.717, 1.165) is 30.1 Å². The molecule has 0 saturated heterocycles. The molecule has 104 valence electrons. The van der Waals surface area contributed by atoms with E-state index < -0.39 is 0 Å². The standard InChI is InChI=1S/C17H25NO/c1-3-18(13-15-8-6-9-15)12-11-17(19)16-10-5-4-7-14(16)2/h4-5,7,10,15H,3,6,8-9,11-13H2,1-2H3. The van der Waals surface area contributed by atoms with Crippen LogP contribution >= 0.6 is 0 Å². The van der Waals surface area contributed by atoms with Crippen LogP contribution in [0.1, 0.15) is 48.5 Å². The van der Waals surface area contributed by atoms with Crippen LogP contribution in [0.4, 0.5) is 0 Å². The van der Waals surface area contributed by atoms with Gasteiger partial charge in [-0.2, -0.15) is 0 Å². The van der Waals surface area contributed by atoms with E-state index in [1.807, 2.05) is 31.2 Å². The maximum Gasteiger partial charge on any atom is 0.164 e. The zero-order valence-electron chi connectivity index (χ0n) is 12.2. The summed E-state index contributed by atoms with van der Waals surface area (Å²) in [5.41, 5.74) is 1.98. The van der Waals surface area contributed by atoms with Gasteiger partial charge >= 0.3 is 0 Å². The van der Waals surface area contributed by atoms with Gasteiger partial charge in [0.25, 0.3) is 0 Å². The average molecular weight is 259 g/mol. The minimum absolute atomic E-state index is 0.283. The summed E-state index contributed by atoms with van der Waals surface area (Å²) in [7, 11) is 0. The lowest BCUT2D eigenvalue weighted by Crippen LogP contribution is -2.34. The molecule has 0 N–H and O–H groups in total. The second kappa shape index (κ2) is 6.85. The van der Waals surface area contributed by atoms with E-state index in [1.165, 1.54) is 25.8 Å². The largest absolute Gasteiger partial charge is 0.303 e. The van der Waals surface area contributed by atoms with Crippen molar-refractivity contribution < 1.29 is 4.79 Å². The molecule has 0 amide bonds. The molecule has 1 aliphatic carbocycles. The first-order valence-electron chi connectivity index (χ1n) is 7.52. The summed E-state index contributed by atoms with van der Waals surface area (Å²) >= 11 is 0. The number of Topliss-reactive ketones (excluding diaryl/α,β-unsaturated/α-hetero) is 1. The third kappa shape index (κ3) is 3.90. The van der Waals surface area contributed by atoms with Crippen LogP contribution in [0.25, 0.3) is 0 Å². The number of hydrogen-bond acceptors (Lipinski definition) is 2. The van der Waals surface area contributed by atoms with Gasteiger partial charge in [-0.3, -0.25) is 4.79 Å². The van der Waals surface area contributed by atoms with Gasteiger partial charge in [0.2, 0.25) is 0 Å². The normalized spacial score (nSPS) is 15.5. The van der Waals surface area contributed by atoms with E-state index in [1.54, 1.807) is 0 Å². The highest BCUT2D eigenvalue weighted by Crippen LogP contribution is 2.27. The third-order valence-corrected chi connectivity index (χ3v) is 4.29. The Balaban J connectivity index is 1.83. The van der Waals surface area contributed by atoms with E-state index in [-0.39, 0.29) is 5.78 Å². The van der Waals surface area contributed by atoms with Gasteiger partial charge in [0, 0.05) is 25.1 Å². The van der Waals surface area contributed by atoms with Gasteiger partial charge in [-0.05, 0) is 37.8 Å². The van der Waals surface area contributed by atoms with Crippen molar-refractivity contribution in [3.8, 4) is 0 Å². The Morgan fingerprint density at radius 2 is 2.05 bits per heavy atom. The van der Waals surface area contributed by atoms with Crippen LogP contribution < -0.4 is 0 Å². The molecular weight excluding hydrogens is 234 g/mol. The molecule has 2 rings (SSSR count). The first-order chi connectivity index (χ1) is 9.20. The molecule has 1 aliphatic rings. The van der Waals surface area contributed by atoms with Crippen LogP contribution in [0.3, 0.4) is 0 Å². The first-order valence-corrected chi connectivity index (χ1v) is 7.52. The lowest BCUT2D eigenvalue weighted by atomic mass is 9.85. The van der Waals surface area contributed by atoms with Gasteiger partial charge in [-0.1, -0.05) is 37.6 Å². The Labute approximate surface area is 116 Å². The van der Waals surface area contributed by atoms with Crippen molar-refractivity contribution in [1.82, 2.24) is 4.90 Å². The summed E-state index contributed by atoms with van der Waals surface area (Å²) in [5, 5.41) is 0. The summed E-state index contributed by atoms with van der Waals surface area (Å²) in [6.07, 6.45) is 4.79. The number of carbonyl (C=O) groups excluding carboxylic acids is 1. The minimum atomic E-state index is 0.283. The van der Waals surface area contributed by atoms with Crippen molar-refractivity contribution in [3.05, 3.63) is 35.4 Å². The quantitative estimate of drug-likeness (QED) is 0.696. The van der Waals surface area contributed by atoms with Crippen LogP contribution in [0.2, 0.25) is 0 Å². The second-order valence-corrected chi connectivity index (χ2v) is 5.68. The lowest BCUT2D eigenvalue weighted by molar-refractivity contribution is 0.0953. The molecule has 2 nitrogen and oxygen atoms in total. The van der Waals surface area contributed by atoms with Crippen molar-refractivity contribution >= 4 is 5.78 Å². The van der Waals surface area contributed by atoms with Gasteiger partial charge in [0.05, 0.1) is 0 Å². The van der Waals surface area contributed by atoms with Gasteiger partial charge in [-0.15, -0.1) is 0 Å². The number of hydrogen-bond donors (Lipinski definition) is 0. The summed E-state index contributed by atoms with van der Waals surface area (Å²) in [5.74, 6) is 1.17. The van der Waals surface area contributed by atoms with Gasteiger partial charge in [-0.25, -0.2) is 0 Å². The van der Waals surface area contributed by atoms with Crippen molar-refractivity contribution in [1.29, 1.82) is 0 Å². The van der Waals surface area contributed by atoms with E-state index in [2.05, 4.69) is 11.8 Å². The highest BCUT2D eigenvalue weighted by atomic mass is 16.1. The minimum Gasteiger partial charge on any atom is -0.303 e. The predicted molar refractivity (Wildman–Crippen MR) is 79.6 cm³/mol. The van der Waals surface area contributed by atoms with Crippen molar-refractivity contribution in [3.63, 3.8) is 0 Å². The second-order valence-electron chi connectivity index (χ2n) is 5.68. The average Bonchev–Trinajstić information content (AvgIpc) is 2.37. The van der Waals surface area contributed by atoms with Crippen LogP contribution in [-0.2, 0) is 0 Å². The topological polar surface area (TPSA) is 20.3 Å². The van der Waals surface area contributed by atoms with E-state index in [9.17, 15) is 4.79 Å². The van der Waals surface area contributed by atoms with Crippen molar-refractivity contribution in [2.24, 2.45) is 5.92 Å². The molecule has 19 heavy (non-hydrogen) atoms. The number of benzene rings is 1. The molecule has 1 saturated carbocycles. The monoisotopic (exact) mass is 259 g/mol. The Kier molecular flexibility index (Phi) is 5.15. The van der Waals surface area contributed by atoms with Crippen LogP contribution in [0.5, 0.6) is 0 Å². The lowest BCUT2D eigenvalue weighted by Gasteiger charge is -2.31. The number of carbonyl (C=O) groups is 1. The molecule has 0 aliphatic heterocycles. The maximum absolute atomic E-state index is 12.2. The van der Waals surface area contributed by atoms with E-state index >= 15 is 0 Å². The molecule has 1 fully saturated rings. The number of ketones is 1. The molecule has 0 unspecified atom stereocenters. The zero-order valence-corrected chi connectivity index (χ0v) is 12.2. The smallest absolute Gasteiger partial charge is 0.164 e. The van der Waals surface area contributed by atoms with Crippen LogP contribution in [0.15, 0.2) is 24.3 Å². The molecule has 0 spiro atoms. The van der Waals surface area contributed by atoms with E-state index in [4.69, 9.17) is 0 Å². The third-order valence-electron chi connectivity index (χ3n) is 4.29. The molecule has 0 aromatic heterocycles. The summed E-state index contributed by atoms with van der Waals surface area (Å²) < 4.78 is 0. The number of nitrogens with zero attached hydrogens (tertiary/aromatic N) is 1. The molecule has 1 aromatic carbocycles. The summed E-state index contributed by atoms with van der Waals surface area (Å²) in [4.78, 5) is 14.7.